The normalized spacial score (nSPS) is 13.1. The number of benzene rings is 2. The molecule has 9 heteroatoms. The molecule has 0 bridgehead atoms. The number of imide groups is 1. The third-order valence-electron chi connectivity index (χ3n) is 4.23. The van der Waals surface area contributed by atoms with Crippen molar-refractivity contribution in [3.8, 4) is 0 Å². The van der Waals surface area contributed by atoms with Gasteiger partial charge in [-0.3, -0.25) is 24.4 Å². The molecule has 2 amide bonds. The summed E-state index contributed by atoms with van der Waals surface area (Å²) in [6.45, 7) is 0.417. The molecular formula is C18H11ClN4O4. The van der Waals surface area contributed by atoms with E-state index in [9.17, 15) is 19.7 Å². The van der Waals surface area contributed by atoms with E-state index in [0.29, 0.717) is 11.6 Å². The molecule has 2 aromatic carbocycles. The quantitative estimate of drug-likeness (QED) is 0.391. The predicted octanol–water partition coefficient (Wildman–Crippen LogP) is 3.29. The van der Waals surface area contributed by atoms with E-state index in [4.69, 9.17) is 11.6 Å². The van der Waals surface area contributed by atoms with Gasteiger partial charge in [0, 0.05) is 17.3 Å². The van der Waals surface area contributed by atoms with Crippen molar-refractivity contribution in [3.63, 3.8) is 0 Å². The Labute approximate surface area is 157 Å². The first-order chi connectivity index (χ1) is 13.0. The van der Waals surface area contributed by atoms with Gasteiger partial charge in [0.05, 0.1) is 28.9 Å². The molecule has 0 fully saturated rings. The van der Waals surface area contributed by atoms with Crippen molar-refractivity contribution >= 4 is 34.8 Å². The van der Waals surface area contributed by atoms with E-state index < -0.39 is 16.7 Å². The van der Waals surface area contributed by atoms with Crippen molar-refractivity contribution < 1.29 is 14.5 Å². The number of carbonyl (C=O) groups excluding carboxylic acids is 2. The lowest BCUT2D eigenvalue weighted by Crippen LogP contribution is -2.29. The molecule has 0 spiro atoms. The summed E-state index contributed by atoms with van der Waals surface area (Å²) in [6.07, 6.45) is 2.92. The smallest absolute Gasteiger partial charge is 0.268 e. The summed E-state index contributed by atoms with van der Waals surface area (Å²) in [6, 6.07) is 11.2. The van der Waals surface area contributed by atoms with Crippen LogP contribution in [0.1, 0.15) is 26.3 Å². The fraction of sp³-hybridized carbons (Fsp3) is 0.0556. The maximum atomic E-state index is 12.7. The molecule has 0 saturated carbocycles. The Morgan fingerprint density at radius 2 is 1.81 bits per heavy atom. The number of hydrogen-bond donors (Lipinski definition) is 0. The molecule has 1 aliphatic heterocycles. The van der Waals surface area contributed by atoms with Crippen LogP contribution in [0.25, 0.3) is 0 Å². The highest BCUT2D eigenvalue weighted by Gasteiger charge is 2.42. The maximum absolute atomic E-state index is 12.7. The maximum Gasteiger partial charge on any atom is 0.283 e. The van der Waals surface area contributed by atoms with Crippen LogP contribution in [-0.2, 0) is 6.54 Å². The fourth-order valence-electron chi connectivity index (χ4n) is 2.99. The van der Waals surface area contributed by atoms with Crippen LogP contribution in [0.4, 0.5) is 11.4 Å². The van der Waals surface area contributed by atoms with Gasteiger partial charge in [0.1, 0.15) is 5.56 Å². The Balaban J connectivity index is 1.65. The zero-order valence-corrected chi connectivity index (χ0v) is 14.5. The fourth-order valence-corrected chi connectivity index (χ4v) is 3.11. The standard InChI is InChI=1S/C18H11ClN4O4/c19-12-6-4-11(5-7-12)9-21-10-13(8-20-21)22-17(24)14-2-1-3-15(23(26)27)16(14)18(22)25/h1-8,10H,9H2. The highest BCUT2D eigenvalue weighted by molar-refractivity contribution is 6.35. The number of hydrogen-bond acceptors (Lipinski definition) is 5. The topological polar surface area (TPSA) is 98.3 Å². The molecule has 0 aliphatic carbocycles. The van der Waals surface area contributed by atoms with Crippen LogP contribution in [0.3, 0.4) is 0 Å². The third-order valence-corrected chi connectivity index (χ3v) is 4.48. The van der Waals surface area contributed by atoms with E-state index in [1.54, 1.807) is 23.0 Å². The molecule has 8 nitrogen and oxygen atoms in total. The second-order valence-electron chi connectivity index (χ2n) is 5.93. The third kappa shape index (κ3) is 2.85. The second kappa shape index (κ2) is 6.33. The largest absolute Gasteiger partial charge is 0.283 e. The Hall–Kier alpha value is -3.52. The lowest BCUT2D eigenvalue weighted by Gasteiger charge is -2.10. The monoisotopic (exact) mass is 382 g/mol. The first-order valence-electron chi connectivity index (χ1n) is 7.89. The molecule has 27 heavy (non-hydrogen) atoms. The molecule has 0 N–H and O–H groups in total. The minimum absolute atomic E-state index is 0.0136. The van der Waals surface area contributed by atoms with Gasteiger partial charge in [-0.1, -0.05) is 29.8 Å². The highest BCUT2D eigenvalue weighted by Crippen LogP contribution is 2.33. The second-order valence-corrected chi connectivity index (χ2v) is 6.36. The molecular weight excluding hydrogens is 372 g/mol. The van der Waals surface area contributed by atoms with Crippen LogP contribution >= 0.6 is 11.6 Å². The van der Waals surface area contributed by atoms with E-state index in [-0.39, 0.29) is 22.5 Å². The van der Waals surface area contributed by atoms with Gasteiger partial charge in [-0.2, -0.15) is 5.10 Å². The molecule has 0 saturated heterocycles. The number of aromatic nitrogens is 2. The van der Waals surface area contributed by atoms with Crippen molar-refractivity contribution in [2.75, 3.05) is 4.90 Å². The number of fused-ring (bicyclic) bond motifs is 1. The van der Waals surface area contributed by atoms with E-state index in [1.165, 1.54) is 24.4 Å². The summed E-state index contributed by atoms with van der Waals surface area (Å²) in [5, 5.41) is 16.0. The number of anilines is 1. The van der Waals surface area contributed by atoms with Gasteiger partial charge in [0.2, 0.25) is 0 Å². The summed E-state index contributed by atoms with van der Waals surface area (Å²) in [4.78, 5) is 36.7. The first kappa shape index (κ1) is 16.9. The number of carbonyl (C=O) groups is 2. The van der Waals surface area contributed by atoms with Crippen molar-refractivity contribution in [1.82, 2.24) is 9.78 Å². The van der Waals surface area contributed by atoms with E-state index in [1.807, 2.05) is 12.1 Å². The average Bonchev–Trinajstić information content (AvgIpc) is 3.20. The molecule has 1 aromatic heterocycles. The number of rotatable bonds is 4. The first-order valence-corrected chi connectivity index (χ1v) is 8.26. The van der Waals surface area contributed by atoms with Crippen molar-refractivity contribution in [2.24, 2.45) is 0 Å². The Morgan fingerprint density at radius 3 is 2.52 bits per heavy atom. The van der Waals surface area contributed by atoms with Crippen molar-refractivity contribution in [2.45, 2.75) is 6.54 Å². The Morgan fingerprint density at radius 1 is 1.07 bits per heavy atom. The Kier molecular flexibility index (Phi) is 3.97. The average molecular weight is 383 g/mol. The minimum Gasteiger partial charge on any atom is -0.268 e. The number of nitro groups is 1. The van der Waals surface area contributed by atoms with Crippen LogP contribution in [-0.4, -0.2) is 26.5 Å². The number of halogens is 1. The zero-order valence-electron chi connectivity index (χ0n) is 13.7. The van der Waals surface area contributed by atoms with Gasteiger partial charge in [0.25, 0.3) is 17.5 Å². The van der Waals surface area contributed by atoms with E-state index in [2.05, 4.69) is 5.10 Å². The molecule has 3 aromatic rings. The molecule has 0 atom stereocenters. The number of nitro benzene ring substituents is 1. The van der Waals surface area contributed by atoms with Gasteiger partial charge >= 0.3 is 0 Å². The van der Waals surface area contributed by atoms with Crippen LogP contribution in [0.15, 0.2) is 54.9 Å². The van der Waals surface area contributed by atoms with Crippen LogP contribution < -0.4 is 4.90 Å². The number of nitrogens with zero attached hydrogens (tertiary/aromatic N) is 4. The van der Waals surface area contributed by atoms with Crippen molar-refractivity contribution in [1.29, 1.82) is 0 Å². The summed E-state index contributed by atoms with van der Waals surface area (Å²) < 4.78 is 1.57. The van der Waals surface area contributed by atoms with Gasteiger partial charge in [-0.05, 0) is 23.8 Å². The highest BCUT2D eigenvalue weighted by atomic mass is 35.5. The SMILES string of the molecule is O=C1c2cccc([N+](=O)[O-])c2C(=O)N1c1cnn(Cc2ccc(Cl)cc2)c1. The predicted molar refractivity (Wildman–Crippen MR) is 97.0 cm³/mol. The molecule has 4 rings (SSSR count). The molecule has 1 aliphatic rings. The minimum atomic E-state index is -0.728. The summed E-state index contributed by atoms with van der Waals surface area (Å²) in [5.41, 5.74) is 0.621. The summed E-state index contributed by atoms with van der Waals surface area (Å²) in [7, 11) is 0. The Bertz CT molecular complexity index is 1090. The molecule has 2 heterocycles. The molecule has 0 radical (unpaired) electrons. The van der Waals surface area contributed by atoms with E-state index in [0.717, 1.165) is 10.5 Å². The summed E-state index contributed by atoms with van der Waals surface area (Å²) >= 11 is 5.86. The summed E-state index contributed by atoms with van der Waals surface area (Å²) in [5.74, 6) is -1.34. The van der Waals surface area contributed by atoms with Crippen LogP contribution in [0, 0.1) is 10.1 Å². The van der Waals surface area contributed by atoms with Gasteiger partial charge in [-0.15, -0.1) is 0 Å². The lowest BCUT2D eigenvalue weighted by atomic mass is 10.1. The zero-order chi connectivity index (χ0) is 19.1. The van der Waals surface area contributed by atoms with E-state index >= 15 is 0 Å². The van der Waals surface area contributed by atoms with Crippen LogP contribution in [0.2, 0.25) is 5.02 Å². The van der Waals surface area contributed by atoms with Gasteiger partial charge in [-0.25, -0.2) is 4.90 Å². The van der Waals surface area contributed by atoms with Crippen molar-refractivity contribution in [3.05, 3.63) is 86.7 Å². The van der Waals surface area contributed by atoms with Gasteiger partial charge in [0.15, 0.2) is 0 Å². The lowest BCUT2D eigenvalue weighted by molar-refractivity contribution is -0.385. The van der Waals surface area contributed by atoms with Gasteiger partial charge < -0.3 is 0 Å². The van der Waals surface area contributed by atoms with Crippen LogP contribution in [0.5, 0.6) is 0 Å². The molecule has 0 unspecified atom stereocenters. The number of amides is 2. The molecule has 134 valence electrons.